The van der Waals surface area contributed by atoms with E-state index in [9.17, 15) is 4.79 Å². The highest BCUT2D eigenvalue weighted by Gasteiger charge is 2.13. The van der Waals surface area contributed by atoms with Gasteiger partial charge in [0.2, 0.25) is 11.7 Å². The van der Waals surface area contributed by atoms with Crippen LogP contribution < -0.4 is 19.5 Å². The number of amides is 1. The van der Waals surface area contributed by atoms with Gasteiger partial charge in [0.1, 0.15) is 5.76 Å². The molecule has 0 saturated heterocycles. The lowest BCUT2D eigenvalue weighted by Gasteiger charge is -2.14. The van der Waals surface area contributed by atoms with Crippen molar-refractivity contribution >= 4 is 34.6 Å². The van der Waals surface area contributed by atoms with Gasteiger partial charge in [-0.2, -0.15) is 0 Å². The van der Waals surface area contributed by atoms with Crippen LogP contribution in [0.1, 0.15) is 11.3 Å². The summed E-state index contributed by atoms with van der Waals surface area (Å²) in [5.74, 6) is 2.00. The van der Waals surface area contributed by atoms with Crippen LogP contribution in [0.2, 0.25) is 0 Å². The van der Waals surface area contributed by atoms with E-state index in [0.717, 1.165) is 9.33 Å². The number of benzene rings is 1. The van der Waals surface area contributed by atoms with Crippen LogP contribution >= 0.6 is 22.6 Å². The molecule has 128 valence electrons. The lowest BCUT2D eigenvalue weighted by molar-refractivity contribution is -0.116. The molecule has 1 aromatic carbocycles. The highest BCUT2D eigenvalue weighted by Crippen LogP contribution is 2.38. The van der Waals surface area contributed by atoms with Crippen molar-refractivity contribution in [3.8, 4) is 17.2 Å². The second kappa shape index (κ2) is 8.62. The van der Waals surface area contributed by atoms with Crippen LogP contribution in [0.4, 0.5) is 0 Å². The molecule has 2 rings (SSSR count). The Balaban J connectivity index is 2.03. The number of ether oxygens (including phenoxy) is 3. The highest BCUT2D eigenvalue weighted by atomic mass is 127. The number of furan rings is 1. The molecule has 0 bridgehead atoms. The average Bonchev–Trinajstić information content (AvgIpc) is 3.02. The van der Waals surface area contributed by atoms with Crippen molar-refractivity contribution in [3.05, 3.63) is 45.4 Å². The molecule has 1 heterocycles. The number of hydrogen-bond acceptors (Lipinski definition) is 5. The molecule has 1 N–H and O–H groups in total. The Morgan fingerprint density at radius 1 is 1.17 bits per heavy atom. The first kappa shape index (κ1) is 18.2. The Morgan fingerprint density at radius 2 is 1.83 bits per heavy atom. The Kier molecular flexibility index (Phi) is 6.53. The third-order valence-corrected chi connectivity index (χ3v) is 3.76. The number of carbonyl (C=O) groups is 1. The summed E-state index contributed by atoms with van der Waals surface area (Å²) in [5, 5.41) is 2.79. The van der Waals surface area contributed by atoms with Crippen LogP contribution in [0.3, 0.4) is 0 Å². The van der Waals surface area contributed by atoms with Crippen LogP contribution in [-0.2, 0) is 11.3 Å². The van der Waals surface area contributed by atoms with Crippen molar-refractivity contribution in [1.29, 1.82) is 0 Å². The second-order valence-corrected chi connectivity index (χ2v) is 5.79. The Labute approximate surface area is 153 Å². The van der Waals surface area contributed by atoms with E-state index in [1.165, 1.54) is 6.08 Å². The first-order chi connectivity index (χ1) is 11.6. The lowest BCUT2D eigenvalue weighted by Crippen LogP contribution is -2.20. The number of nitrogens with one attached hydrogen (secondary N) is 1. The van der Waals surface area contributed by atoms with Crippen molar-refractivity contribution in [2.45, 2.75) is 6.54 Å². The second-order valence-electron chi connectivity index (χ2n) is 4.73. The largest absolute Gasteiger partial charge is 0.493 e. The average molecular weight is 443 g/mol. The molecule has 0 unspecified atom stereocenters. The van der Waals surface area contributed by atoms with Gasteiger partial charge in [0, 0.05) is 12.6 Å². The van der Waals surface area contributed by atoms with Crippen molar-refractivity contribution < 1.29 is 23.4 Å². The van der Waals surface area contributed by atoms with E-state index in [1.54, 1.807) is 45.6 Å². The molecule has 0 aliphatic carbocycles. The van der Waals surface area contributed by atoms with Gasteiger partial charge in [-0.1, -0.05) is 0 Å². The number of methoxy groups -OCH3 is 3. The zero-order chi connectivity index (χ0) is 17.5. The lowest BCUT2D eigenvalue weighted by atomic mass is 10.1. The molecular formula is C17H18INO5. The zero-order valence-electron chi connectivity index (χ0n) is 13.6. The molecule has 0 fully saturated rings. The van der Waals surface area contributed by atoms with Gasteiger partial charge in [-0.25, -0.2) is 0 Å². The fourth-order valence-corrected chi connectivity index (χ4v) is 2.50. The van der Waals surface area contributed by atoms with Crippen LogP contribution in [0.25, 0.3) is 6.08 Å². The SMILES string of the molecule is COc1cc(CNC(=O)/C=C/c2ccc(I)o2)cc(OC)c1OC. The van der Waals surface area contributed by atoms with E-state index in [4.69, 9.17) is 18.6 Å². The van der Waals surface area contributed by atoms with Crippen molar-refractivity contribution in [3.63, 3.8) is 0 Å². The molecule has 0 atom stereocenters. The fourth-order valence-electron chi connectivity index (χ4n) is 2.06. The fraction of sp³-hybridized carbons (Fsp3) is 0.235. The monoisotopic (exact) mass is 443 g/mol. The number of rotatable bonds is 7. The first-order valence-electron chi connectivity index (χ1n) is 7.07. The molecule has 1 amide bonds. The van der Waals surface area contributed by atoms with Crippen molar-refractivity contribution in [2.75, 3.05) is 21.3 Å². The predicted molar refractivity (Wildman–Crippen MR) is 98.4 cm³/mol. The van der Waals surface area contributed by atoms with Gasteiger partial charge in [0.05, 0.1) is 21.3 Å². The van der Waals surface area contributed by atoms with Crippen LogP contribution in [0, 0.1) is 3.77 Å². The summed E-state index contributed by atoms with van der Waals surface area (Å²) < 4.78 is 22.0. The highest BCUT2D eigenvalue weighted by molar-refractivity contribution is 14.1. The summed E-state index contributed by atoms with van der Waals surface area (Å²) >= 11 is 2.07. The van der Waals surface area contributed by atoms with E-state index in [0.29, 0.717) is 29.6 Å². The van der Waals surface area contributed by atoms with Gasteiger partial charge >= 0.3 is 0 Å². The summed E-state index contributed by atoms with van der Waals surface area (Å²) in [4.78, 5) is 11.9. The minimum Gasteiger partial charge on any atom is -0.493 e. The molecule has 7 heteroatoms. The summed E-state index contributed by atoms with van der Waals surface area (Å²) in [6.07, 6.45) is 3.04. The predicted octanol–water partition coefficient (Wildman–Crippen LogP) is 3.24. The molecule has 2 aromatic rings. The van der Waals surface area contributed by atoms with Gasteiger partial charge < -0.3 is 23.9 Å². The van der Waals surface area contributed by atoms with Gasteiger partial charge in [-0.15, -0.1) is 0 Å². The van der Waals surface area contributed by atoms with Gasteiger partial charge in [0.25, 0.3) is 0 Å². The van der Waals surface area contributed by atoms with E-state index in [-0.39, 0.29) is 5.91 Å². The Hall–Kier alpha value is -2.16. The van der Waals surface area contributed by atoms with E-state index in [2.05, 4.69) is 27.9 Å². The Morgan fingerprint density at radius 3 is 2.33 bits per heavy atom. The van der Waals surface area contributed by atoms with Crippen molar-refractivity contribution in [2.24, 2.45) is 0 Å². The third kappa shape index (κ3) is 4.67. The minimum absolute atomic E-state index is 0.227. The van der Waals surface area contributed by atoms with Gasteiger partial charge in [0.15, 0.2) is 15.3 Å². The Bertz CT molecular complexity index is 713. The molecule has 0 saturated carbocycles. The van der Waals surface area contributed by atoms with Crippen LogP contribution in [-0.4, -0.2) is 27.2 Å². The quantitative estimate of drug-likeness (QED) is 0.526. The topological polar surface area (TPSA) is 69.9 Å². The smallest absolute Gasteiger partial charge is 0.244 e. The maximum Gasteiger partial charge on any atom is 0.244 e. The zero-order valence-corrected chi connectivity index (χ0v) is 15.7. The third-order valence-electron chi connectivity index (χ3n) is 3.18. The number of carbonyl (C=O) groups excluding carboxylic acids is 1. The standard InChI is InChI=1S/C17H18INO5/c1-21-13-8-11(9-14(22-2)17(13)23-3)10-19-16(20)7-5-12-4-6-15(18)24-12/h4-9H,10H2,1-3H3,(H,19,20)/b7-5+. The molecule has 24 heavy (non-hydrogen) atoms. The molecule has 0 spiro atoms. The van der Waals surface area contributed by atoms with Crippen LogP contribution in [0.5, 0.6) is 17.2 Å². The first-order valence-corrected chi connectivity index (χ1v) is 8.15. The normalized spacial score (nSPS) is 10.7. The van der Waals surface area contributed by atoms with Gasteiger partial charge in [-0.3, -0.25) is 4.79 Å². The van der Waals surface area contributed by atoms with E-state index < -0.39 is 0 Å². The van der Waals surface area contributed by atoms with Crippen molar-refractivity contribution in [1.82, 2.24) is 5.32 Å². The minimum atomic E-state index is -0.227. The van der Waals surface area contributed by atoms with E-state index in [1.807, 2.05) is 6.07 Å². The van der Waals surface area contributed by atoms with Crippen LogP contribution in [0.15, 0.2) is 34.8 Å². The molecule has 6 nitrogen and oxygen atoms in total. The summed E-state index contributed by atoms with van der Waals surface area (Å²) in [5.41, 5.74) is 0.832. The maximum atomic E-state index is 11.9. The molecule has 0 radical (unpaired) electrons. The molecular weight excluding hydrogens is 425 g/mol. The van der Waals surface area contributed by atoms with E-state index >= 15 is 0 Å². The summed E-state index contributed by atoms with van der Waals surface area (Å²) in [7, 11) is 4.64. The maximum absolute atomic E-state index is 11.9. The molecule has 0 aliphatic rings. The summed E-state index contributed by atoms with van der Waals surface area (Å²) in [6, 6.07) is 7.21. The molecule has 0 aliphatic heterocycles. The number of hydrogen-bond donors (Lipinski definition) is 1. The molecule has 1 aromatic heterocycles. The summed E-state index contributed by atoms with van der Waals surface area (Å²) in [6.45, 7) is 0.329. The van der Waals surface area contributed by atoms with Gasteiger partial charge in [-0.05, 0) is 58.5 Å². The number of halogens is 1.